The van der Waals surface area contributed by atoms with Crippen LogP contribution in [0.4, 0.5) is 4.39 Å². The Morgan fingerprint density at radius 2 is 1.81 bits per heavy atom. The molecule has 0 radical (unpaired) electrons. The number of halogens is 1. The summed E-state index contributed by atoms with van der Waals surface area (Å²) in [5.74, 6) is -1.98. The van der Waals surface area contributed by atoms with Gasteiger partial charge in [0.1, 0.15) is 11.9 Å². The molecule has 200 valence electrons. The molecule has 0 saturated carbocycles. The number of hydrogen-bond donors (Lipinski definition) is 2. The predicted octanol–water partition coefficient (Wildman–Crippen LogP) is 5.05. The molecule has 1 aliphatic rings. The highest BCUT2D eigenvalue weighted by Crippen LogP contribution is 2.27. The summed E-state index contributed by atoms with van der Waals surface area (Å²) < 4.78 is 13.3. The quantitative estimate of drug-likeness (QED) is 0.444. The number of nitrogens with two attached hydrogens (primary N) is 1. The monoisotopic (exact) mass is 509 g/mol. The van der Waals surface area contributed by atoms with Crippen LogP contribution in [0, 0.1) is 23.6 Å². The maximum atomic E-state index is 13.5. The molecule has 0 spiro atoms. The molecule has 2 aromatic carbocycles. The van der Waals surface area contributed by atoms with E-state index in [0.717, 1.165) is 36.0 Å². The molecule has 6 nitrogen and oxygen atoms in total. The molecule has 3 atom stereocenters. The predicted molar refractivity (Wildman–Crippen MR) is 144 cm³/mol. The van der Waals surface area contributed by atoms with Gasteiger partial charge >= 0.3 is 0 Å². The number of carbonyl (C=O) groups excluding carboxylic acids is 3. The average molecular weight is 510 g/mol. The van der Waals surface area contributed by atoms with Gasteiger partial charge in [0.2, 0.25) is 17.7 Å². The topological polar surface area (TPSA) is 92.5 Å². The summed E-state index contributed by atoms with van der Waals surface area (Å²) in [6, 6.07) is 13.6. The van der Waals surface area contributed by atoms with Gasteiger partial charge < -0.3 is 16.0 Å². The third-order valence-corrected chi connectivity index (χ3v) is 7.09. The summed E-state index contributed by atoms with van der Waals surface area (Å²) in [5.41, 5.74) is 8.51. The molecule has 7 heteroatoms. The summed E-state index contributed by atoms with van der Waals surface area (Å²) in [5, 5.41) is 2.99. The Kier molecular flexibility index (Phi) is 10.2. The Morgan fingerprint density at radius 1 is 1.08 bits per heavy atom. The summed E-state index contributed by atoms with van der Waals surface area (Å²) in [6.07, 6.45) is 4.09. The standard InChI is InChI=1S/C30H40FN3O3/c1-4-8-25(28(32)35)26(17-20(2)3)29(36)33-27-11-5-6-16-34(30(27)37)19-21-9-7-10-23(18-21)22-12-14-24(31)15-13-22/h7,9-10,12-15,18,20,25-27H,4-6,8,11,16-17,19H2,1-3H3,(H2,32,35)(H,33,36)/t25-,26+,27-/m0/s1. The summed E-state index contributed by atoms with van der Waals surface area (Å²) in [6.45, 7) is 7.04. The van der Waals surface area contributed by atoms with Crippen LogP contribution in [0.25, 0.3) is 11.1 Å². The molecule has 1 heterocycles. The van der Waals surface area contributed by atoms with E-state index in [9.17, 15) is 18.8 Å². The molecule has 3 rings (SSSR count). The third kappa shape index (κ3) is 7.88. The zero-order chi connectivity index (χ0) is 26.9. The molecule has 3 N–H and O–H groups in total. The van der Waals surface area contributed by atoms with Gasteiger partial charge in [0.25, 0.3) is 0 Å². The van der Waals surface area contributed by atoms with E-state index in [1.165, 1.54) is 12.1 Å². The largest absolute Gasteiger partial charge is 0.369 e. The molecule has 1 fully saturated rings. The minimum Gasteiger partial charge on any atom is -0.369 e. The lowest BCUT2D eigenvalue weighted by atomic mass is 9.81. The van der Waals surface area contributed by atoms with Crippen molar-refractivity contribution in [1.29, 1.82) is 0 Å². The molecule has 0 bridgehead atoms. The van der Waals surface area contributed by atoms with Gasteiger partial charge in [0.05, 0.1) is 0 Å². The molecule has 1 saturated heterocycles. The van der Waals surface area contributed by atoms with Crippen LogP contribution < -0.4 is 11.1 Å². The Bertz CT molecular complexity index is 1070. The summed E-state index contributed by atoms with van der Waals surface area (Å²) >= 11 is 0. The van der Waals surface area contributed by atoms with Crippen LogP contribution in [0.3, 0.4) is 0 Å². The fourth-order valence-electron chi connectivity index (χ4n) is 5.20. The number of rotatable bonds is 11. The van der Waals surface area contributed by atoms with Crippen LogP contribution in [-0.4, -0.2) is 35.2 Å². The maximum Gasteiger partial charge on any atom is 0.245 e. The van der Waals surface area contributed by atoms with Gasteiger partial charge in [-0.05, 0) is 72.9 Å². The van der Waals surface area contributed by atoms with Gasteiger partial charge in [-0.25, -0.2) is 4.39 Å². The first kappa shape index (κ1) is 28.4. The van der Waals surface area contributed by atoms with Crippen molar-refractivity contribution in [3.8, 4) is 11.1 Å². The van der Waals surface area contributed by atoms with Crippen LogP contribution in [0.1, 0.15) is 64.9 Å². The first-order valence-electron chi connectivity index (χ1n) is 13.4. The van der Waals surface area contributed by atoms with Crippen LogP contribution in [0.2, 0.25) is 0 Å². The fourth-order valence-corrected chi connectivity index (χ4v) is 5.20. The summed E-state index contributed by atoms with van der Waals surface area (Å²) in [4.78, 5) is 40.9. The van der Waals surface area contributed by atoms with Crippen LogP contribution >= 0.6 is 0 Å². The van der Waals surface area contributed by atoms with Gasteiger partial charge in [-0.1, -0.05) is 57.5 Å². The van der Waals surface area contributed by atoms with Crippen molar-refractivity contribution in [2.24, 2.45) is 23.5 Å². The second kappa shape index (κ2) is 13.4. The number of nitrogens with one attached hydrogen (secondary N) is 1. The van der Waals surface area contributed by atoms with Gasteiger partial charge in [0, 0.05) is 24.9 Å². The number of carbonyl (C=O) groups is 3. The first-order chi connectivity index (χ1) is 17.7. The smallest absolute Gasteiger partial charge is 0.245 e. The fraction of sp³-hybridized carbons (Fsp3) is 0.500. The highest BCUT2D eigenvalue weighted by atomic mass is 19.1. The zero-order valence-electron chi connectivity index (χ0n) is 22.2. The Balaban J connectivity index is 1.75. The minimum atomic E-state index is -0.625. The minimum absolute atomic E-state index is 0.104. The van der Waals surface area contributed by atoms with E-state index in [1.54, 1.807) is 17.0 Å². The van der Waals surface area contributed by atoms with Gasteiger partial charge in [0.15, 0.2) is 0 Å². The lowest BCUT2D eigenvalue weighted by Crippen LogP contribution is -2.50. The molecular weight excluding hydrogens is 469 g/mol. The van der Waals surface area contributed by atoms with Crippen molar-refractivity contribution in [1.82, 2.24) is 10.2 Å². The van der Waals surface area contributed by atoms with Crippen LogP contribution in [0.5, 0.6) is 0 Å². The molecule has 1 aliphatic heterocycles. The van der Waals surface area contributed by atoms with Crippen molar-refractivity contribution in [3.05, 3.63) is 59.9 Å². The summed E-state index contributed by atoms with van der Waals surface area (Å²) in [7, 11) is 0. The molecular formula is C30H40FN3O3. The van der Waals surface area contributed by atoms with E-state index in [0.29, 0.717) is 32.4 Å². The number of hydrogen-bond acceptors (Lipinski definition) is 3. The van der Waals surface area contributed by atoms with Crippen LogP contribution in [-0.2, 0) is 20.9 Å². The molecule has 0 aliphatic carbocycles. The van der Waals surface area contributed by atoms with Gasteiger partial charge in [-0.3, -0.25) is 14.4 Å². The van der Waals surface area contributed by atoms with E-state index in [4.69, 9.17) is 5.73 Å². The van der Waals surface area contributed by atoms with E-state index >= 15 is 0 Å². The molecule has 0 unspecified atom stereocenters. The second-order valence-corrected chi connectivity index (χ2v) is 10.6. The molecule has 3 amide bonds. The SMILES string of the molecule is CCC[C@H](C(N)=O)[C@@H](CC(C)C)C(=O)N[C@H]1CCCCN(Cc2cccc(-c3ccc(F)cc3)c2)C1=O. The molecule has 37 heavy (non-hydrogen) atoms. The lowest BCUT2D eigenvalue weighted by molar-refractivity contribution is -0.139. The highest BCUT2D eigenvalue weighted by molar-refractivity contribution is 5.91. The van der Waals surface area contributed by atoms with Crippen LogP contribution in [0.15, 0.2) is 48.5 Å². The number of likely N-dealkylation sites (tertiary alicyclic amines) is 1. The number of primary amides is 1. The van der Waals surface area contributed by atoms with Gasteiger partial charge in [-0.15, -0.1) is 0 Å². The van der Waals surface area contributed by atoms with Crippen molar-refractivity contribution in [2.45, 2.75) is 71.9 Å². The van der Waals surface area contributed by atoms with Crippen molar-refractivity contribution < 1.29 is 18.8 Å². The van der Waals surface area contributed by atoms with E-state index in [1.807, 2.05) is 45.0 Å². The normalized spacial score (nSPS) is 17.8. The number of amides is 3. The van der Waals surface area contributed by atoms with Gasteiger partial charge in [-0.2, -0.15) is 0 Å². The lowest BCUT2D eigenvalue weighted by Gasteiger charge is -2.29. The molecule has 2 aromatic rings. The van der Waals surface area contributed by atoms with E-state index < -0.39 is 23.8 Å². The van der Waals surface area contributed by atoms with E-state index in [-0.39, 0.29) is 23.5 Å². The average Bonchev–Trinajstić information content (AvgIpc) is 3.03. The van der Waals surface area contributed by atoms with Crippen molar-refractivity contribution >= 4 is 17.7 Å². The zero-order valence-corrected chi connectivity index (χ0v) is 22.2. The van der Waals surface area contributed by atoms with E-state index in [2.05, 4.69) is 5.32 Å². The number of benzene rings is 2. The maximum absolute atomic E-state index is 13.5. The Hall–Kier alpha value is -3.22. The Labute approximate surface area is 219 Å². The first-order valence-corrected chi connectivity index (χ1v) is 13.4. The van der Waals surface area contributed by atoms with Crippen molar-refractivity contribution in [2.75, 3.05) is 6.54 Å². The Morgan fingerprint density at radius 3 is 2.46 bits per heavy atom. The second-order valence-electron chi connectivity index (χ2n) is 10.6. The third-order valence-electron chi connectivity index (χ3n) is 7.09. The highest BCUT2D eigenvalue weighted by Gasteiger charge is 2.35. The molecule has 0 aromatic heterocycles. The number of nitrogens with zero attached hydrogens (tertiary/aromatic N) is 1. The van der Waals surface area contributed by atoms with Crippen molar-refractivity contribution in [3.63, 3.8) is 0 Å².